The summed E-state index contributed by atoms with van der Waals surface area (Å²) in [4.78, 5) is 22.1. The van der Waals surface area contributed by atoms with E-state index in [0.717, 1.165) is 32.2 Å². The van der Waals surface area contributed by atoms with E-state index < -0.39 is 0 Å². The van der Waals surface area contributed by atoms with Crippen LogP contribution in [0.4, 0.5) is 0 Å². The molecule has 0 saturated heterocycles. The number of halogens is 1. The van der Waals surface area contributed by atoms with Crippen LogP contribution in [-0.4, -0.2) is 33.4 Å². The smallest absolute Gasteiger partial charge is 0.274 e. The second-order valence-corrected chi connectivity index (χ2v) is 4.69. The van der Waals surface area contributed by atoms with Gasteiger partial charge < -0.3 is 4.90 Å². The van der Waals surface area contributed by atoms with Crippen molar-refractivity contribution in [2.45, 2.75) is 38.6 Å². The normalized spacial score (nSPS) is 14.7. The van der Waals surface area contributed by atoms with E-state index in [1.807, 2.05) is 4.90 Å². The first-order valence-electron chi connectivity index (χ1n) is 6.01. The van der Waals surface area contributed by atoms with Crippen molar-refractivity contribution < 1.29 is 4.79 Å². The van der Waals surface area contributed by atoms with Gasteiger partial charge in [0, 0.05) is 12.6 Å². The lowest BCUT2D eigenvalue weighted by Crippen LogP contribution is -2.34. The number of aromatic nitrogens is 2. The Labute approximate surface area is 106 Å². The van der Waals surface area contributed by atoms with Crippen LogP contribution in [0.1, 0.15) is 43.1 Å². The number of rotatable bonds is 5. The predicted octanol–water partition coefficient (Wildman–Crippen LogP) is 2.53. The summed E-state index contributed by atoms with van der Waals surface area (Å²) in [6, 6.07) is 0.409. The minimum Gasteiger partial charge on any atom is -0.334 e. The SMILES string of the molecule is CCCCN(C(=O)c1cnc(Cl)cn1)C1CC1. The molecule has 1 aliphatic rings. The summed E-state index contributed by atoms with van der Waals surface area (Å²) >= 11 is 5.66. The van der Waals surface area contributed by atoms with Crippen molar-refractivity contribution in [3.05, 3.63) is 23.2 Å². The minimum atomic E-state index is -0.0230. The zero-order chi connectivity index (χ0) is 12.3. The highest BCUT2D eigenvalue weighted by atomic mass is 35.5. The molecule has 92 valence electrons. The highest BCUT2D eigenvalue weighted by Crippen LogP contribution is 2.28. The van der Waals surface area contributed by atoms with Gasteiger partial charge in [-0.3, -0.25) is 4.79 Å². The van der Waals surface area contributed by atoms with Gasteiger partial charge in [0.1, 0.15) is 10.8 Å². The van der Waals surface area contributed by atoms with E-state index in [1.54, 1.807) is 0 Å². The van der Waals surface area contributed by atoms with Gasteiger partial charge in [0.05, 0.1) is 12.4 Å². The average molecular weight is 254 g/mol. The molecule has 1 heterocycles. The van der Waals surface area contributed by atoms with Crippen LogP contribution < -0.4 is 0 Å². The zero-order valence-electron chi connectivity index (χ0n) is 9.90. The standard InChI is InChI=1S/C12H16ClN3O/c1-2-3-6-16(9-4-5-9)12(17)10-7-15-11(13)8-14-10/h7-9H,2-6H2,1H3. The van der Waals surface area contributed by atoms with Gasteiger partial charge in [-0.1, -0.05) is 24.9 Å². The van der Waals surface area contributed by atoms with Gasteiger partial charge in [-0.05, 0) is 19.3 Å². The Morgan fingerprint density at radius 1 is 1.47 bits per heavy atom. The van der Waals surface area contributed by atoms with Crippen LogP contribution in [-0.2, 0) is 0 Å². The highest BCUT2D eigenvalue weighted by Gasteiger charge is 2.33. The number of unbranched alkanes of at least 4 members (excludes halogenated alkanes) is 1. The van der Waals surface area contributed by atoms with E-state index in [4.69, 9.17) is 11.6 Å². The van der Waals surface area contributed by atoms with Crippen LogP contribution in [0.3, 0.4) is 0 Å². The van der Waals surface area contributed by atoms with Crippen molar-refractivity contribution >= 4 is 17.5 Å². The molecule has 17 heavy (non-hydrogen) atoms. The molecule has 0 aliphatic heterocycles. The van der Waals surface area contributed by atoms with Gasteiger partial charge in [0.2, 0.25) is 0 Å². The Bertz CT molecular complexity index is 389. The quantitative estimate of drug-likeness (QED) is 0.810. The zero-order valence-corrected chi connectivity index (χ0v) is 10.7. The summed E-state index contributed by atoms with van der Waals surface area (Å²) in [5.74, 6) is -0.0230. The topological polar surface area (TPSA) is 46.1 Å². The molecule has 0 N–H and O–H groups in total. The van der Waals surface area contributed by atoms with Gasteiger partial charge in [-0.25, -0.2) is 9.97 Å². The Hall–Kier alpha value is -1.16. The van der Waals surface area contributed by atoms with E-state index in [-0.39, 0.29) is 5.91 Å². The van der Waals surface area contributed by atoms with Crippen LogP contribution in [0.15, 0.2) is 12.4 Å². The third-order valence-corrected chi connectivity index (χ3v) is 3.04. The molecule has 1 aliphatic carbocycles. The highest BCUT2D eigenvalue weighted by molar-refractivity contribution is 6.29. The summed E-state index contributed by atoms with van der Waals surface area (Å²) in [7, 11) is 0. The van der Waals surface area contributed by atoms with Gasteiger partial charge in [0.25, 0.3) is 5.91 Å². The Morgan fingerprint density at radius 3 is 2.76 bits per heavy atom. The molecule has 0 spiro atoms. The molecule has 0 radical (unpaired) electrons. The van der Waals surface area contributed by atoms with Crippen LogP contribution in [0.5, 0.6) is 0 Å². The van der Waals surface area contributed by atoms with E-state index in [0.29, 0.717) is 16.9 Å². The lowest BCUT2D eigenvalue weighted by Gasteiger charge is -2.21. The fourth-order valence-corrected chi connectivity index (χ4v) is 1.83. The van der Waals surface area contributed by atoms with Gasteiger partial charge in [-0.15, -0.1) is 0 Å². The average Bonchev–Trinajstić information content (AvgIpc) is 3.14. The third-order valence-electron chi connectivity index (χ3n) is 2.84. The maximum Gasteiger partial charge on any atom is 0.274 e. The molecular formula is C12H16ClN3O. The molecule has 0 bridgehead atoms. The first-order chi connectivity index (χ1) is 8.22. The molecular weight excluding hydrogens is 238 g/mol. The van der Waals surface area contributed by atoms with Crippen LogP contribution in [0, 0.1) is 0 Å². The molecule has 1 fully saturated rings. The summed E-state index contributed by atoms with van der Waals surface area (Å²) in [5.41, 5.74) is 0.386. The molecule has 1 aromatic rings. The van der Waals surface area contributed by atoms with Crippen molar-refractivity contribution in [3.63, 3.8) is 0 Å². The molecule has 0 atom stereocenters. The lowest BCUT2D eigenvalue weighted by molar-refractivity contribution is 0.0734. The van der Waals surface area contributed by atoms with Crippen LogP contribution in [0.2, 0.25) is 5.15 Å². The van der Waals surface area contributed by atoms with Gasteiger partial charge in [-0.2, -0.15) is 0 Å². The fourth-order valence-electron chi connectivity index (χ4n) is 1.73. The maximum atomic E-state index is 12.2. The van der Waals surface area contributed by atoms with Gasteiger partial charge >= 0.3 is 0 Å². The van der Waals surface area contributed by atoms with Gasteiger partial charge in [0.15, 0.2) is 0 Å². The second kappa shape index (κ2) is 5.45. The molecule has 1 aromatic heterocycles. The Balaban J connectivity index is 2.07. The lowest BCUT2D eigenvalue weighted by atomic mass is 10.3. The van der Waals surface area contributed by atoms with Crippen molar-refractivity contribution in [3.8, 4) is 0 Å². The van der Waals surface area contributed by atoms with Crippen LogP contribution in [0.25, 0.3) is 0 Å². The predicted molar refractivity (Wildman–Crippen MR) is 66.0 cm³/mol. The van der Waals surface area contributed by atoms with E-state index in [2.05, 4.69) is 16.9 Å². The van der Waals surface area contributed by atoms with Crippen molar-refractivity contribution in [2.24, 2.45) is 0 Å². The molecule has 1 amide bonds. The number of hydrogen-bond donors (Lipinski definition) is 0. The fraction of sp³-hybridized carbons (Fsp3) is 0.583. The Kier molecular flexibility index (Phi) is 3.94. The first-order valence-corrected chi connectivity index (χ1v) is 6.38. The minimum absolute atomic E-state index is 0.0230. The number of amides is 1. The Morgan fingerprint density at radius 2 is 2.24 bits per heavy atom. The molecule has 0 unspecified atom stereocenters. The van der Waals surface area contributed by atoms with E-state index >= 15 is 0 Å². The molecule has 0 aromatic carbocycles. The third kappa shape index (κ3) is 3.16. The van der Waals surface area contributed by atoms with E-state index in [9.17, 15) is 4.79 Å². The largest absolute Gasteiger partial charge is 0.334 e. The maximum absolute atomic E-state index is 12.2. The molecule has 5 heteroatoms. The number of nitrogens with zero attached hydrogens (tertiary/aromatic N) is 3. The summed E-state index contributed by atoms with van der Waals surface area (Å²) in [6.07, 6.45) is 7.20. The number of carbonyl (C=O) groups is 1. The van der Waals surface area contributed by atoms with Crippen molar-refractivity contribution in [2.75, 3.05) is 6.54 Å². The molecule has 2 rings (SSSR count). The second-order valence-electron chi connectivity index (χ2n) is 4.31. The first kappa shape index (κ1) is 12.3. The molecule has 4 nitrogen and oxygen atoms in total. The molecule has 1 saturated carbocycles. The summed E-state index contributed by atoms with van der Waals surface area (Å²) in [6.45, 7) is 2.93. The van der Waals surface area contributed by atoms with Crippen molar-refractivity contribution in [1.82, 2.24) is 14.9 Å². The monoisotopic (exact) mass is 253 g/mol. The van der Waals surface area contributed by atoms with E-state index in [1.165, 1.54) is 12.4 Å². The van der Waals surface area contributed by atoms with Crippen molar-refractivity contribution in [1.29, 1.82) is 0 Å². The summed E-state index contributed by atoms with van der Waals surface area (Å²) in [5, 5.41) is 0.313. The number of carbonyl (C=O) groups excluding carboxylic acids is 1. The summed E-state index contributed by atoms with van der Waals surface area (Å²) < 4.78 is 0. The number of hydrogen-bond acceptors (Lipinski definition) is 3. The van der Waals surface area contributed by atoms with Crippen LogP contribution >= 0.6 is 11.6 Å².